The smallest absolute Gasteiger partial charge is 0.353 e. The molecule has 5 nitrogen and oxygen atoms in total. The number of amides is 2. The van der Waals surface area contributed by atoms with Crippen molar-refractivity contribution >= 4 is 11.8 Å². The molecule has 0 spiro atoms. The van der Waals surface area contributed by atoms with Crippen molar-refractivity contribution in [3.8, 4) is 0 Å². The lowest BCUT2D eigenvalue weighted by atomic mass is 10.0. The van der Waals surface area contributed by atoms with Gasteiger partial charge in [0, 0.05) is 33.2 Å². The molecule has 1 atom stereocenters. The maximum absolute atomic E-state index is 13.3. The lowest BCUT2D eigenvalue weighted by Crippen LogP contribution is -2.56. The van der Waals surface area contributed by atoms with Crippen LogP contribution in [0.5, 0.6) is 0 Å². The van der Waals surface area contributed by atoms with Gasteiger partial charge >= 0.3 is 6.18 Å². The van der Waals surface area contributed by atoms with Crippen molar-refractivity contribution in [2.45, 2.75) is 31.7 Å². The number of rotatable bonds is 6. The minimum Gasteiger partial charge on any atom is -0.353 e. The van der Waals surface area contributed by atoms with Crippen LogP contribution in [0.3, 0.4) is 0 Å². The molecule has 1 aliphatic rings. The Morgan fingerprint density at radius 2 is 1.84 bits per heavy atom. The zero-order valence-corrected chi connectivity index (χ0v) is 17.0. The van der Waals surface area contributed by atoms with Gasteiger partial charge in [0.2, 0.25) is 11.8 Å². The third kappa shape index (κ3) is 5.81. The number of benzene rings is 2. The van der Waals surface area contributed by atoms with E-state index in [-0.39, 0.29) is 42.7 Å². The van der Waals surface area contributed by atoms with Gasteiger partial charge in [0.1, 0.15) is 5.82 Å². The second-order valence-corrected chi connectivity index (χ2v) is 7.51. The normalized spacial score (nSPS) is 17.3. The van der Waals surface area contributed by atoms with Gasteiger partial charge in [-0.2, -0.15) is 13.2 Å². The number of piperazine rings is 1. The first-order chi connectivity index (χ1) is 14.6. The number of carbonyl (C=O) groups excluding carboxylic acids is 2. The third-order valence-electron chi connectivity index (χ3n) is 5.26. The molecule has 0 bridgehead atoms. The first-order valence-electron chi connectivity index (χ1n) is 9.80. The van der Waals surface area contributed by atoms with E-state index in [0.717, 1.165) is 11.6 Å². The highest BCUT2D eigenvalue weighted by Crippen LogP contribution is 2.32. The van der Waals surface area contributed by atoms with Gasteiger partial charge < -0.3 is 10.2 Å². The average molecular weight is 437 g/mol. The highest BCUT2D eigenvalue weighted by Gasteiger charge is 2.36. The Labute approximate surface area is 177 Å². The van der Waals surface area contributed by atoms with Crippen LogP contribution in [0.15, 0.2) is 48.5 Å². The number of hydrogen-bond donors (Lipinski definition) is 1. The molecule has 0 aromatic heterocycles. The molecule has 0 radical (unpaired) electrons. The molecule has 1 saturated heterocycles. The molecular formula is C22H23F4N3O2. The Balaban J connectivity index is 1.72. The average Bonchev–Trinajstić information content (AvgIpc) is 2.71. The zero-order valence-electron chi connectivity index (χ0n) is 17.0. The van der Waals surface area contributed by atoms with Gasteiger partial charge in [0.05, 0.1) is 18.0 Å². The van der Waals surface area contributed by atoms with Crippen LogP contribution < -0.4 is 5.32 Å². The van der Waals surface area contributed by atoms with E-state index in [4.69, 9.17) is 0 Å². The number of halogens is 4. The molecule has 1 aliphatic heterocycles. The molecule has 2 amide bonds. The monoisotopic (exact) mass is 437 g/mol. The molecule has 1 fully saturated rings. The maximum atomic E-state index is 13.3. The van der Waals surface area contributed by atoms with E-state index in [1.165, 1.54) is 35.2 Å². The van der Waals surface area contributed by atoms with Crippen molar-refractivity contribution in [2.24, 2.45) is 0 Å². The lowest BCUT2D eigenvalue weighted by Gasteiger charge is -2.36. The van der Waals surface area contributed by atoms with Crippen molar-refractivity contribution in [1.82, 2.24) is 15.1 Å². The summed E-state index contributed by atoms with van der Waals surface area (Å²) in [6, 6.07) is 10.1. The van der Waals surface area contributed by atoms with Crippen LogP contribution in [-0.2, 0) is 28.9 Å². The minimum atomic E-state index is -4.50. The van der Waals surface area contributed by atoms with E-state index in [1.54, 1.807) is 24.1 Å². The van der Waals surface area contributed by atoms with Crippen LogP contribution in [0.2, 0.25) is 0 Å². The van der Waals surface area contributed by atoms with Gasteiger partial charge in [-0.1, -0.05) is 30.3 Å². The van der Waals surface area contributed by atoms with Crippen LogP contribution in [-0.4, -0.2) is 47.8 Å². The third-order valence-corrected chi connectivity index (χ3v) is 5.26. The Bertz CT molecular complexity index is 931. The topological polar surface area (TPSA) is 52.7 Å². The van der Waals surface area contributed by atoms with Crippen LogP contribution in [0.1, 0.15) is 23.1 Å². The van der Waals surface area contributed by atoms with E-state index in [1.807, 2.05) is 0 Å². The molecule has 0 saturated carbocycles. The van der Waals surface area contributed by atoms with Gasteiger partial charge in [-0.05, 0) is 29.3 Å². The Kier molecular flexibility index (Phi) is 6.94. The fourth-order valence-electron chi connectivity index (χ4n) is 3.60. The van der Waals surface area contributed by atoms with Gasteiger partial charge in [0.25, 0.3) is 0 Å². The van der Waals surface area contributed by atoms with Crippen LogP contribution >= 0.6 is 0 Å². The summed E-state index contributed by atoms with van der Waals surface area (Å²) < 4.78 is 53.1. The first-order valence-corrected chi connectivity index (χ1v) is 9.80. The number of alkyl halides is 3. The summed E-state index contributed by atoms with van der Waals surface area (Å²) in [5.74, 6) is -1.11. The Morgan fingerprint density at radius 3 is 2.52 bits per heavy atom. The van der Waals surface area contributed by atoms with Gasteiger partial charge in [0.15, 0.2) is 0 Å². The fraction of sp³-hybridized carbons (Fsp3) is 0.364. The molecular weight excluding hydrogens is 414 g/mol. The predicted molar refractivity (Wildman–Crippen MR) is 106 cm³/mol. The van der Waals surface area contributed by atoms with Crippen molar-refractivity contribution < 1.29 is 27.2 Å². The molecule has 1 unspecified atom stereocenters. The van der Waals surface area contributed by atoms with Crippen molar-refractivity contribution in [1.29, 1.82) is 0 Å². The second kappa shape index (κ2) is 9.47. The summed E-state index contributed by atoms with van der Waals surface area (Å²) in [5.41, 5.74) is 0.0302. The summed E-state index contributed by atoms with van der Waals surface area (Å²) in [5, 5.41) is 2.68. The van der Waals surface area contributed by atoms with E-state index in [0.29, 0.717) is 13.1 Å². The standard InChI is InChI=1S/C22H23F4N3O2/c1-28(13-15-6-8-17(23)9-7-15)20(30)12-19-21(31)27-10-11-29(19)14-16-4-2-3-5-18(16)22(24,25)26/h2-9,19H,10-14H2,1H3,(H,27,31). The molecule has 9 heteroatoms. The molecule has 2 aromatic carbocycles. The predicted octanol–water partition coefficient (Wildman–Crippen LogP) is 3.19. The van der Waals surface area contributed by atoms with Crippen LogP contribution in [0, 0.1) is 5.82 Å². The zero-order chi connectivity index (χ0) is 22.6. The summed E-state index contributed by atoms with van der Waals surface area (Å²) in [4.78, 5) is 28.2. The highest BCUT2D eigenvalue weighted by atomic mass is 19.4. The molecule has 1 heterocycles. The van der Waals surface area contributed by atoms with Crippen LogP contribution in [0.4, 0.5) is 17.6 Å². The van der Waals surface area contributed by atoms with Crippen molar-refractivity contribution in [3.63, 3.8) is 0 Å². The Hall–Kier alpha value is -2.94. The molecule has 2 aromatic rings. The minimum absolute atomic E-state index is 0.0572. The molecule has 166 valence electrons. The van der Waals surface area contributed by atoms with E-state index >= 15 is 0 Å². The largest absolute Gasteiger partial charge is 0.416 e. The van der Waals surface area contributed by atoms with Gasteiger partial charge in [-0.25, -0.2) is 4.39 Å². The quantitative estimate of drug-likeness (QED) is 0.707. The second-order valence-electron chi connectivity index (χ2n) is 7.51. The van der Waals surface area contributed by atoms with E-state index in [9.17, 15) is 27.2 Å². The number of hydrogen-bond acceptors (Lipinski definition) is 3. The van der Waals surface area contributed by atoms with Crippen molar-refractivity contribution in [3.05, 3.63) is 71.0 Å². The molecule has 0 aliphatic carbocycles. The van der Waals surface area contributed by atoms with Gasteiger partial charge in [-0.15, -0.1) is 0 Å². The van der Waals surface area contributed by atoms with E-state index < -0.39 is 17.8 Å². The van der Waals surface area contributed by atoms with Crippen LogP contribution in [0.25, 0.3) is 0 Å². The molecule has 31 heavy (non-hydrogen) atoms. The van der Waals surface area contributed by atoms with E-state index in [2.05, 4.69) is 5.32 Å². The van der Waals surface area contributed by atoms with Gasteiger partial charge in [-0.3, -0.25) is 14.5 Å². The highest BCUT2D eigenvalue weighted by molar-refractivity contribution is 5.88. The maximum Gasteiger partial charge on any atom is 0.416 e. The fourth-order valence-corrected chi connectivity index (χ4v) is 3.60. The van der Waals surface area contributed by atoms with Crippen molar-refractivity contribution in [2.75, 3.05) is 20.1 Å². The lowest BCUT2D eigenvalue weighted by molar-refractivity contribution is -0.140. The molecule has 1 N–H and O–H groups in total. The molecule has 3 rings (SSSR count). The summed E-state index contributed by atoms with van der Waals surface area (Å²) in [6.07, 6.45) is -4.67. The Morgan fingerprint density at radius 1 is 1.16 bits per heavy atom. The summed E-state index contributed by atoms with van der Waals surface area (Å²) in [6.45, 7) is 0.758. The number of nitrogens with one attached hydrogen (secondary N) is 1. The first kappa shape index (κ1) is 22.7. The summed E-state index contributed by atoms with van der Waals surface area (Å²) in [7, 11) is 1.57. The SMILES string of the molecule is CN(Cc1ccc(F)cc1)C(=O)CC1C(=O)NCCN1Cc1ccccc1C(F)(F)F. The number of carbonyl (C=O) groups is 2. The summed E-state index contributed by atoms with van der Waals surface area (Å²) >= 11 is 0. The number of nitrogens with zero attached hydrogens (tertiary/aromatic N) is 2.